The van der Waals surface area contributed by atoms with Crippen LogP contribution in [0.25, 0.3) is 0 Å². The maximum atomic E-state index is 10.2. The van der Waals surface area contributed by atoms with Gasteiger partial charge in [0.05, 0.1) is 7.11 Å². The minimum absolute atomic E-state index is 0.315. The van der Waals surface area contributed by atoms with Gasteiger partial charge in [0.25, 0.3) is 0 Å². The number of aliphatic hydroxyl groups excluding tert-OH is 1. The van der Waals surface area contributed by atoms with E-state index in [-0.39, 0.29) is 12.2 Å². The van der Waals surface area contributed by atoms with Crippen LogP contribution in [0.2, 0.25) is 0 Å². The number of hydrogen-bond donors (Lipinski definition) is 1. The number of nitrogens with zero attached hydrogens (tertiary/aromatic N) is 1. The molecule has 0 saturated carbocycles. The number of aliphatic hydroxyl groups is 1. The zero-order valence-electron chi connectivity index (χ0n) is 9.00. The van der Waals surface area contributed by atoms with Crippen LogP contribution in [0.3, 0.4) is 0 Å². The molecule has 4 nitrogen and oxygen atoms in total. The van der Waals surface area contributed by atoms with Gasteiger partial charge < -0.3 is 9.84 Å². The van der Waals surface area contributed by atoms with Gasteiger partial charge in [0.2, 0.25) is 0 Å². The number of rotatable bonds is 2. The Morgan fingerprint density at radius 2 is 1.85 bits per heavy atom. The molecule has 0 aliphatic carbocycles. The van der Waals surface area contributed by atoms with Crippen molar-refractivity contribution in [3.63, 3.8) is 0 Å². The number of esters is 1. The maximum absolute atomic E-state index is 10.2. The van der Waals surface area contributed by atoms with Gasteiger partial charge in [0.1, 0.15) is 6.23 Å². The van der Waals surface area contributed by atoms with Crippen molar-refractivity contribution >= 4 is 5.97 Å². The molecule has 0 aromatic heterocycles. The van der Waals surface area contributed by atoms with Crippen molar-refractivity contribution in [1.82, 2.24) is 4.90 Å². The zero-order chi connectivity index (χ0) is 11.0. The van der Waals surface area contributed by atoms with Crippen LogP contribution in [-0.2, 0) is 9.53 Å². The summed E-state index contributed by atoms with van der Waals surface area (Å²) in [6, 6.07) is 0. The predicted octanol–water partition coefficient (Wildman–Crippen LogP) is 0.622. The molecule has 0 amide bonds. The highest BCUT2D eigenvalue weighted by atomic mass is 16.5. The van der Waals surface area contributed by atoms with Crippen LogP contribution in [0.4, 0.5) is 0 Å². The largest absolute Gasteiger partial charge is 0.466 e. The van der Waals surface area contributed by atoms with Gasteiger partial charge >= 0.3 is 5.97 Å². The lowest BCUT2D eigenvalue weighted by molar-refractivity contribution is -0.136. The molecule has 1 atom stereocenters. The van der Waals surface area contributed by atoms with Gasteiger partial charge in [-0.15, -0.1) is 0 Å². The van der Waals surface area contributed by atoms with Crippen molar-refractivity contribution in [3.05, 3.63) is 12.2 Å². The van der Waals surface area contributed by atoms with Gasteiger partial charge in [-0.2, -0.15) is 0 Å². The molecule has 0 heterocycles. The zero-order valence-corrected chi connectivity index (χ0v) is 9.00. The number of ether oxygens (including phenoxy) is 1. The predicted molar refractivity (Wildman–Crippen MR) is 52.2 cm³/mol. The Bertz CT molecular complexity index is 158. The van der Waals surface area contributed by atoms with Crippen molar-refractivity contribution in [2.45, 2.75) is 20.1 Å². The SMILES string of the molecule is C=C(C)C(=O)OC.CC(O)N(C)C. The van der Waals surface area contributed by atoms with E-state index in [1.165, 1.54) is 7.11 Å². The smallest absolute Gasteiger partial charge is 0.332 e. The Kier molecular flexibility index (Phi) is 8.74. The topological polar surface area (TPSA) is 49.8 Å². The molecule has 13 heavy (non-hydrogen) atoms. The molecular weight excluding hydrogens is 170 g/mol. The highest BCUT2D eigenvalue weighted by molar-refractivity contribution is 5.86. The molecular formula is C9H19NO3. The summed E-state index contributed by atoms with van der Waals surface area (Å²) in [7, 11) is 4.98. The molecule has 0 fully saturated rings. The first-order chi connectivity index (χ1) is 5.82. The Balaban J connectivity index is 0. The summed E-state index contributed by atoms with van der Waals surface area (Å²) in [6.07, 6.45) is -0.315. The van der Waals surface area contributed by atoms with Crippen molar-refractivity contribution in [2.24, 2.45) is 0 Å². The van der Waals surface area contributed by atoms with E-state index in [1.807, 2.05) is 14.1 Å². The second-order valence-electron chi connectivity index (χ2n) is 2.87. The summed E-state index contributed by atoms with van der Waals surface area (Å²) >= 11 is 0. The summed E-state index contributed by atoms with van der Waals surface area (Å²) in [5.74, 6) is -0.347. The standard InChI is InChI=1S/C5H8O2.C4H11NO/c1-4(2)5(6)7-3;1-4(6)5(2)3/h1H2,2-3H3;4,6H,1-3H3. The van der Waals surface area contributed by atoms with Crippen molar-refractivity contribution in [2.75, 3.05) is 21.2 Å². The fourth-order valence-electron chi connectivity index (χ4n) is 0.174. The van der Waals surface area contributed by atoms with E-state index < -0.39 is 0 Å². The molecule has 0 bridgehead atoms. The van der Waals surface area contributed by atoms with Crippen LogP contribution in [0.1, 0.15) is 13.8 Å². The van der Waals surface area contributed by atoms with Crippen LogP contribution < -0.4 is 0 Å². The maximum Gasteiger partial charge on any atom is 0.332 e. The van der Waals surface area contributed by atoms with Gasteiger partial charge in [-0.3, -0.25) is 4.90 Å². The molecule has 0 aromatic rings. The molecule has 0 spiro atoms. The third-order valence-corrected chi connectivity index (χ3v) is 1.28. The number of carbonyl (C=O) groups excluding carboxylic acids is 1. The fourth-order valence-corrected chi connectivity index (χ4v) is 0.174. The molecule has 0 aromatic carbocycles. The summed E-state index contributed by atoms with van der Waals surface area (Å²) in [5, 5.41) is 8.56. The van der Waals surface area contributed by atoms with Gasteiger partial charge in [0.15, 0.2) is 0 Å². The highest BCUT2D eigenvalue weighted by Crippen LogP contribution is 1.87. The first kappa shape index (κ1) is 14.6. The minimum atomic E-state index is -0.347. The third-order valence-electron chi connectivity index (χ3n) is 1.28. The lowest BCUT2D eigenvalue weighted by Crippen LogP contribution is -2.23. The third kappa shape index (κ3) is 11.1. The van der Waals surface area contributed by atoms with Gasteiger partial charge in [-0.05, 0) is 27.9 Å². The van der Waals surface area contributed by atoms with E-state index in [2.05, 4.69) is 11.3 Å². The van der Waals surface area contributed by atoms with Gasteiger partial charge in [0, 0.05) is 5.57 Å². The first-order valence-corrected chi connectivity index (χ1v) is 3.91. The Hall–Kier alpha value is -0.870. The minimum Gasteiger partial charge on any atom is -0.466 e. The summed E-state index contributed by atoms with van der Waals surface area (Å²) in [5.41, 5.74) is 0.433. The second-order valence-corrected chi connectivity index (χ2v) is 2.87. The molecule has 0 aliphatic rings. The van der Waals surface area contributed by atoms with Crippen molar-refractivity contribution < 1.29 is 14.6 Å². The van der Waals surface area contributed by atoms with E-state index in [0.717, 1.165) is 0 Å². The summed E-state index contributed by atoms with van der Waals surface area (Å²) < 4.78 is 4.27. The lowest BCUT2D eigenvalue weighted by Gasteiger charge is -2.11. The number of hydrogen-bond acceptors (Lipinski definition) is 4. The van der Waals surface area contributed by atoms with E-state index in [0.29, 0.717) is 5.57 Å². The fraction of sp³-hybridized carbons (Fsp3) is 0.667. The quantitative estimate of drug-likeness (QED) is 0.393. The van der Waals surface area contributed by atoms with Crippen LogP contribution in [-0.4, -0.2) is 43.4 Å². The number of methoxy groups -OCH3 is 1. The second kappa shape index (κ2) is 7.76. The highest BCUT2D eigenvalue weighted by Gasteiger charge is 1.95. The van der Waals surface area contributed by atoms with Crippen LogP contribution in [0.15, 0.2) is 12.2 Å². The molecule has 0 rings (SSSR count). The van der Waals surface area contributed by atoms with E-state index in [1.54, 1.807) is 18.7 Å². The molecule has 1 unspecified atom stereocenters. The normalized spacial score (nSPS) is 11.3. The average molecular weight is 189 g/mol. The van der Waals surface area contributed by atoms with E-state index >= 15 is 0 Å². The molecule has 78 valence electrons. The van der Waals surface area contributed by atoms with Crippen LogP contribution in [0.5, 0.6) is 0 Å². The van der Waals surface area contributed by atoms with Gasteiger partial charge in [-0.1, -0.05) is 6.58 Å². The lowest BCUT2D eigenvalue weighted by atomic mass is 10.4. The van der Waals surface area contributed by atoms with E-state index in [9.17, 15) is 4.79 Å². The van der Waals surface area contributed by atoms with Crippen molar-refractivity contribution in [1.29, 1.82) is 0 Å². The average Bonchev–Trinajstić information content (AvgIpc) is 2.03. The Morgan fingerprint density at radius 3 is 1.85 bits per heavy atom. The molecule has 0 saturated heterocycles. The monoisotopic (exact) mass is 189 g/mol. The number of carbonyl (C=O) groups is 1. The summed E-state index contributed by atoms with van der Waals surface area (Å²) in [4.78, 5) is 11.9. The van der Waals surface area contributed by atoms with Crippen molar-refractivity contribution in [3.8, 4) is 0 Å². The Morgan fingerprint density at radius 1 is 1.54 bits per heavy atom. The first-order valence-electron chi connectivity index (χ1n) is 3.91. The molecule has 0 aliphatic heterocycles. The summed E-state index contributed by atoms with van der Waals surface area (Å²) in [6.45, 7) is 6.68. The molecule has 0 radical (unpaired) electrons. The Labute approximate surface area is 79.8 Å². The van der Waals surface area contributed by atoms with Gasteiger partial charge in [-0.25, -0.2) is 4.79 Å². The van der Waals surface area contributed by atoms with Crippen LogP contribution in [0, 0.1) is 0 Å². The van der Waals surface area contributed by atoms with Crippen LogP contribution >= 0.6 is 0 Å². The van der Waals surface area contributed by atoms with E-state index in [4.69, 9.17) is 5.11 Å². The molecule has 4 heteroatoms. The molecule has 1 N–H and O–H groups in total.